The van der Waals surface area contributed by atoms with Crippen molar-refractivity contribution in [1.82, 2.24) is 10.2 Å². The first-order valence-electron chi connectivity index (χ1n) is 7.85. The summed E-state index contributed by atoms with van der Waals surface area (Å²) in [6, 6.07) is 0.561. The van der Waals surface area contributed by atoms with Crippen molar-refractivity contribution in [3.8, 4) is 0 Å². The molecule has 2 rings (SSSR count). The van der Waals surface area contributed by atoms with E-state index in [9.17, 15) is 9.90 Å². The third kappa shape index (κ3) is 3.71. The molecule has 116 valence electrons. The van der Waals surface area contributed by atoms with Gasteiger partial charge in [0.25, 0.3) is 0 Å². The Kier molecular flexibility index (Phi) is 5.41. The van der Waals surface area contributed by atoms with Gasteiger partial charge in [-0.2, -0.15) is 0 Å². The summed E-state index contributed by atoms with van der Waals surface area (Å²) < 4.78 is 5.17. The van der Waals surface area contributed by atoms with Crippen LogP contribution in [-0.2, 0) is 9.53 Å². The molecule has 0 aromatic carbocycles. The third-order valence-electron chi connectivity index (χ3n) is 4.44. The third-order valence-corrected chi connectivity index (χ3v) is 4.44. The molecule has 0 saturated heterocycles. The number of hydrogen-bond donors (Lipinski definition) is 2. The first-order valence-corrected chi connectivity index (χ1v) is 7.85. The van der Waals surface area contributed by atoms with Crippen molar-refractivity contribution in [2.75, 3.05) is 33.4 Å². The van der Waals surface area contributed by atoms with Crippen LogP contribution in [0.5, 0.6) is 0 Å². The molecule has 0 spiro atoms. The van der Waals surface area contributed by atoms with Crippen LogP contribution in [0, 0.1) is 5.92 Å². The predicted molar refractivity (Wildman–Crippen MR) is 77.9 cm³/mol. The van der Waals surface area contributed by atoms with Gasteiger partial charge in [0.15, 0.2) is 0 Å². The molecule has 0 aromatic rings. The van der Waals surface area contributed by atoms with E-state index in [1.165, 1.54) is 12.8 Å². The maximum atomic E-state index is 11.9. The topological polar surface area (TPSA) is 61.8 Å². The molecule has 0 bridgehead atoms. The van der Waals surface area contributed by atoms with Gasteiger partial charge in [-0.15, -0.1) is 0 Å². The Labute approximate surface area is 121 Å². The SMILES string of the molecule is CCCNC(CN(CCOC)C1CC1)(C(=O)O)C1CC1. The molecule has 0 heterocycles. The lowest BCUT2D eigenvalue weighted by Crippen LogP contribution is -2.61. The molecule has 1 unspecified atom stereocenters. The number of carboxylic acid groups (broad SMARTS) is 1. The van der Waals surface area contributed by atoms with Crippen LogP contribution in [0.15, 0.2) is 0 Å². The first-order chi connectivity index (χ1) is 9.64. The first kappa shape index (κ1) is 15.7. The Morgan fingerprint density at radius 2 is 2.10 bits per heavy atom. The fourth-order valence-electron chi connectivity index (χ4n) is 2.93. The number of rotatable bonds is 11. The summed E-state index contributed by atoms with van der Waals surface area (Å²) >= 11 is 0. The minimum atomic E-state index is -0.758. The van der Waals surface area contributed by atoms with Crippen molar-refractivity contribution < 1.29 is 14.6 Å². The molecule has 0 amide bonds. The van der Waals surface area contributed by atoms with E-state index >= 15 is 0 Å². The molecular weight excluding hydrogens is 256 g/mol. The summed E-state index contributed by atoms with van der Waals surface area (Å²) in [6.45, 7) is 4.96. The monoisotopic (exact) mass is 284 g/mol. The molecular formula is C15H28N2O3. The van der Waals surface area contributed by atoms with Gasteiger partial charge in [0.1, 0.15) is 5.54 Å². The highest BCUT2D eigenvalue weighted by molar-refractivity contribution is 5.80. The number of carboxylic acids is 1. The molecule has 5 nitrogen and oxygen atoms in total. The van der Waals surface area contributed by atoms with Gasteiger partial charge in [0.2, 0.25) is 0 Å². The van der Waals surface area contributed by atoms with E-state index in [-0.39, 0.29) is 5.92 Å². The number of hydrogen-bond acceptors (Lipinski definition) is 4. The zero-order chi connectivity index (χ0) is 14.6. The Bertz CT molecular complexity index is 329. The van der Waals surface area contributed by atoms with E-state index in [4.69, 9.17) is 4.74 Å². The molecule has 0 radical (unpaired) electrons. The summed E-state index contributed by atoms with van der Waals surface area (Å²) in [6.07, 6.45) is 5.41. The molecule has 2 N–H and O–H groups in total. The summed E-state index contributed by atoms with van der Waals surface area (Å²) in [5.41, 5.74) is -0.758. The molecule has 5 heteroatoms. The van der Waals surface area contributed by atoms with E-state index in [0.29, 0.717) is 19.2 Å². The molecule has 1 atom stereocenters. The highest BCUT2D eigenvalue weighted by Gasteiger charge is 2.52. The van der Waals surface area contributed by atoms with Gasteiger partial charge < -0.3 is 15.2 Å². The van der Waals surface area contributed by atoms with Crippen molar-refractivity contribution in [2.24, 2.45) is 5.92 Å². The normalized spacial score (nSPS) is 21.9. The maximum absolute atomic E-state index is 11.9. The average molecular weight is 284 g/mol. The van der Waals surface area contributed by atoms with Gasteiger partial charge in [-0.3, -0.25) is 9.69 Å². The molecule has 20 heavy (non-hydrogen) atoms. The molecule has 2 aliphatic rings. The van der Waals surface area contributed by atoms with Gasteiger partial charge >= 0.3 is 5.97 Å². The lowest BCUT2D eigenvalue weighted by molar-refractivity contribution is -0.147. The minimum absolute atomic E-state index is 0.287. The van der Waals surface area contributed by atoms with Crippen LogP contribution in [0.2, 0.25) is 0 Å². The Morgan fingerprint density at radius 3 is 2.55 bits per heavy atom. The Balaban J connectivity index is 2.05. The Hall–Kier alpha value is -0.650. The summed E-state index contributed by atoms with van der Waals surface area (Å²) in [5, 5.41) is 13.2. The number of ether oxygens (including phenoxy) is 1. The average Bonchev–Trinajstić information content (AvgIpc) is 3.29. The van der Waals surface area contributed by atoms with Crippen LogP contribution in [0.1, 0.15) is 39.0 Å². The van der Waals surface area contributed by atoms with Gasteiger partial charge in [-0.05, 0) is 44.6 Å². The minimum Gasteiger partial charge on any atom is -0.480 e. The van der Waals surface area contributed by atoms with Crippen LogP contribution >= 0.6 is 0 Å². The van der Waals surface area contributed by atoms with E-state index in [1.807, 2.05) is 0 Å². The van der Waals surface area contributed by atoms with Gasteiger partial charge in [-0.25, -0.2) is 0 Å². The second-order valence-corrected chi connectivity index (χ2v) is 6.17. The van der Waals surface area contributed by atoms with Crippen molar-refractivity contribution in [3.63, 3.8) is 0 Å². The number of carbonyl (C=O) groups is 1. The molecule has 2 aliphatic carbocycles. The lowest BCUT2D eigenvalue weighted by Gasteiger charge is -2.36. The molecule has 0 aromatic heterocycles. The van der Waals surface area contributed by atoms with Crippen LogP contribution in [-0.4, -0.2) is 60.9 Å². The molecule has 2 saturated carbocycles. The van der Waals surface area contributed by atoms with Gasteiger partial charge in [-0.1, -0.05) is 6.92 Å². The van der Waals surface area contributed by atoms with Crippen LogP contribution in [0.3, 0.4) is 0 Å². The number of nitrogens with zero attached hydrogens (tertiary/aromatic N) is 1. The zero-order valence-corrected chi connectivity index (χ0v) is 12.7. The van der Waals surface area contributed by atoms with Crippen molar-refractivity contribution in [2.45, 2.75) is 50.6 Å². The van der Waals surface area contributed by atoms with Crippen LogP contribution < -0.4 is 5.32 Å². The second-order valence-electron chi connectivity index (χ2n) is 6.17. The van der Waals surface area contributed by atoms with E-state index in [1.54, 1.807) is 7.11 Å². The highest BCUT2D eigenvalue weighted by Crippen LogP contribution is 2.41. The van der Waals surface area contributed by atoms with Crippen molar-refractivity contribution in [3.05, 3.63) is 0 Å². The standard InChI is InChI=1S/C15H28N2O3/c1-3-8-16-15(14(18)19,12-4-5-12)11-17(9-10-20-2)13-6-7-13/h12-13,16H,3-11H2,1-2H3,(H,18,19). The summed E-state index contributed by atoms with van der Waals surface area (Å²) in [5.74, 6) is -0.396. The highest BCUT2D eigenvalue weighted by atomic mass is 16.5. The number of methoxy groups -OCH3 is 1. The van der Waals surface area contributed by atoms with Crippen molar-refractivity contribution >= 4 is 5.97 Å². The smallest absolute Gasteiger partial charge is 0.325 e. The fourth-order valence-corrected chi connectivity index (χ4v) is 2.93. The van der Waals surface area contributed by atoms with Crippen molar-refractivity contribution in [1.29, 1.82) is 0 Å². The van der Waals surface area contributed by atoms with Gasteiger partial charge in [0, 0.05) is 26.2 Å². The zero-order valence-electron chi connectivity index (χ0n) is 12.7. The van der Waals surface area contributed by atoms with Gasteiger partial charge in [0.05, 0.1) is 6.61 Å². The Morgan fingerprint density at radius 1 is 1.40 bits per heavy atom. The van der Waals surface area contributed by atoms with Crippen LogP contribution in [0.25, 0.3) is 0 Å². The van der Waals surface area contributed by atoms with E-state index in [2.05, 4.69) is 17.1 Å². The lowest BCUT2D eigenvalue weighted by atomic mass is 9.91. The second kappa shape index (κ2) is 6.87. The summed E-state index contributed by atoms with van der Waals surface area (Å²) in [7, 11) is 1.70. The largest absolute Gasteiger partial charge is 0.480 e. The summed E-state index contributed by atoms with van der Waals surface area (Å²) in [4.78, 5) is 14.3. The maximum Gasteiger partial charge on any atom is 0.325 e. The van der Waals surface area contributed by atoms with Crippen LogP contribution in [0.4, 0.5) is 0 Å². The van der Waals surface area contributed by atoms with E-state index in [0.717, 1.165) is 32.4 Å². The molecule has 0 aliphatic heterocycles. The van der Waals surface area contributed by atoms with E-state index < -0.39 is 11.5 Å². The predicted octanol–water partition coefficient (Wildman–Crippen LogP) is 1.33. The quantitative estimate of drug-likeness (QED) is 0.599. The molecule has 2 fully saturated rings. The number of aliphatic carboxylic acids is 1. The number of nitrogens with one attached hydrogen (secondary N) is 1. The fraction of sp³-hybridized carbons (Fsp3) is 0.933.